The van der Waals surface area contributed by atoms with E-state index in [0.29, 0.717) is 11.3 Å². The van der Waals surface area contributed by atoms with Crippen molar-refractivity contribution in [3.8, 4) is 0 Å². The molecule has 0 bridgehead atoms. The van der Waals surface area contributed by atoms with Gasteiger partial charge in [0.1, 0.15) is 11.9 Å². The first-order valence-corrected chi connectivity index (χ1v) is 13.3. The number of nitrogens with one attached hydrogen (secondary N) is 2. The fourth-order valence-electron chi connectivity index (χ4n) is 4.65. The van der Waals surface area contributed by atoms with Crippen molar-refractivity contribution >= 4 is 27.4 Å². The third kappa shape index (κ3) is 5.03. The smallest absolute Gasteiger partial charge is 0.407 e. The zero-order valence-electron chi connectivity index (χ0n) is 20.0. The van der Waals surface area contributed by atoms with Crippen LogP contribution in [0.1, 0.15) is 71.1 Å². The Morgan fingerprint density at radius 1 is 1.24 bits per heavy atom. The highest BCUT2D eigenvalue weighted by Gasteiger charge is 2.33. The summed E-state index contributed by atoms with van der Waals surface area (Å²) in [5, 5.41) is 11.2. The van der Waals surface area contributed by atoms with E-state index < -0.39 is 9.84 Å². The summed E-state index contributed by atoms with van der Waals surface area (Å²) < 4.78 is 32.2. The Bertz CT molecular complexity index is 1150. The molecule has 2 aliphatic rings. The van der Waals surface area contributed by atoms with Gasteiger partial charge in [-0.25, -0.2) is 17.9 Å². The van der Waals surface area contributed by atoms with Gasteiger partial charge in [0.2, 0.25) is 0 Å². The van der Waals surface area contributed by atoms with Crippen LogP contribution in [0.4, 0.5) is 16.3 Å². The number of rotatable bonds is 5. The molecule has 1 amide bonds. The number of ether oxygens (including phenoxy) is 1. The van der Waals surface area contributed by atoms with Crippen molar-refractivity contribution in [3.63, 3.8) is 0 Å². The Balaban J connectivity index is 1.56. The van der Waals surface area contributed by atoms with Gasteiger partial charge in [0, 0.05) is 23.7 Å². The predicted octanol–water partition coefficient (Wildman–Crippen LogP) is 4.48. The van der Waals surface area contributed by atoms with Gasteiger partial charge in [-0.1, -0.05) is 6.07 Å². The third-order valence-electron chi connectivity index (χ3n) is 6.20. The normalized spacial score (nSPS) is 21.8. The number of amides is 1. The molecule has 1 aromatic carbocycles. The van der Waals surface area contributed by atoms with Crippen molar-refractivity contribution in [2.24, 2.45) is 0 Å². The van der Waals surface area contributed by atoms with Gasteiger partial charge in [0.15, 0.2) is 9.84 Å². The quantitative estimate of drug-likeness (QED) is 0.662. The van der Waals surface area contributed by atoms with Crippen molar-refractivity contribution in [1.29, 1.82) is 0 Å². The Labute approximate surface area is 196 Å². The Morgan fingerprint density at radius 2 is 2.00 bits per heavy atom. The van der Waals surface area contributed by atoms with Crippen LogP contribution in [0.5, 0.6) is 0 Å². The van der Waals surface area contributed by atoms with Crippen LogP contribution in [0.3, 0.4) is 0 Å². The molecule has 8 nitrogen and oxygen atoms in total. The van der Waals surface area contributed by atoms with Crippen LogP contribution in [0.25, 0.3) is 0 Å². The summed E-state index contributed by atoms with van der Waals surface area (Å²) in [6, 6.07) is 7.48. The number of hydrogen-bond donors (Lipinski definition) is 2. The Morgan fingerprint density at radius 3 is 2.70 bits per heavy atom. The largest absolute Gasteiger partial charge is 0.446 e. The molecule has 33 heavy (non-hydrogen) atoms. The highest BCUT2D eigenvalue weighted by molar-refractivity contribution is 7.91. The molecule has 1 saturated carbocycles. The molecule has 2 heterocycles. The lowest BCUT2D eigenvalue weighted by Gasteiger charge is -2.23. The van der Waals surface area contributed by atoms with Crippen LogP contribution in [0.2, 0.25) is 0 Å². The summed E-state index contributed by atoms with van der Waals surface area (Å²) in [5.41, 5.74) is 2.34. The number of anilines is 2. The molecule has 1 aliphatic carbocycles. The fourth-order valence-corrected chi connectivity index (χ4v) is 6.22. The molecule has 1 fully saturated rings. The van der Waals surface area contributed by atoms with Crippen molar-refractivity contribution < 1.29 is 17.9 Å². The van der Waals surface area contributed by atoms with Crippen LogP contribution in [-0.2, 0) is 26.5 Å². The number of aromatic nitrogens is 2. The molecule has 180 valence electrons. The number of nitrogens with zero attached hydrogens (tertiary/aromatic N) is 2. The van der Waals surface area contributed by atoms with E-state index in [2.05, 4.69) is 37.5 Å². The Hall–Kier alpha value is -2.55. The second-order valence-electron chi connectivity index (χ2n) is 10.3. The van der Waals surface area contributed by atoms with E-state index in [0.717, 1.165) is 42.0 Å². The zero-order valence-corrected chi connectivity index (χ0v) is 20.8. The minimum absolute atomic E-state index is 0.0419. The SMILES string of the molecule is CC(C)NC(=O)O[C@@H]1CC[C@H](c2cc(Nc3cccc4c3CCS4(=O)=O)n(C(C)(C)C)n2)C1. The molecule has 2 aromatic rings. The van der Waals surface area contributed by atoms with Gasteiger partial charge in [-0.2, -0.15) is 5.10 Å². The lowest BCUT2D eigenvalue weighted by atomic mass is 10.0. The van der Waals surface area contributed by atoms with E-state index >= 15 is 0 Å². The van der Waals surface area contributed by atoms with Crippen LogP contribution in [0, 0.1) is 0 Å². The monoisotopic (exact) mass is 474 g/mol. The molecular weight excluding hydrogens is 440 g/mol. The molecule has 2 N–H and O–H groups in total. The van der Waals surface area contributed by atoms with Crippen LogP contribution < -0.4 is 10.6 Å². The number of alkyl carbamates (subject to hydrolysis) is 1. The standard InChI is InChI=1S/C24H34N4O4S/c1-15(2)25-23(29)32-17-10-9-16(13-17)20-14-22(28(27-20)24(3,4)5)26-19-7-6-8-21-18(19)11-12-33(21,30)31/h6-8,14-17,26H,9-13H2,1-5H3,(H,25,29)/t16-,17+/m0/s1. The molecular formula is C24H34N4O4S. The maximum Gasteiger partial charge on any atom is 0.407 e. The number of fused-ring (bicyclic) bond motifs is 1. The maximum absolute atomic E-state index is 12.3. The minimum Gasteiger partial charge on any atom is -0.446 e. The summed E-state index contributed by atoms with van der Waals surface area (Å²) >= 11 is 0. The van der Waals surface area contributed by atoms with Crippen LogP contribution in [0.15, 0.2) is 29.2 Å². The summed E-state index contributed by atoms with van der Waals surface area (Å²) in [4.78, 5) is 12.4. The van der Waals surface area contributed by atoms with E-state index in [1.54, 1.807) is 12.1 Å². The van der Waals surface area contributed by atoms with Crippen LogP contribution in [-0.4, -0.2) is 42.2 Å². The molecule has 2 atom stereocenters. The lowest BCUT2D eigenvalue weighted by Crippen LogP contribution is -2.33. The van der Waals surface area contributed by atoms with Gasteiger partial charge in [-0.15, -0.1) is 0 Å². The molecule has 0 unspecified atom stereocenters. The first kappa shape index (κ1) is 23.6. The third-order valence-corrected chi connectivity index (χ3v) is 7.99. The molecule has 1 aliphatic heterocycles. The summed E-state index contributed by atoms with van der Waals surface area (Å²) in [6.07, 6.45) is 2.48. The van der Waals surface area contributed by atoms with Gasteiger partial charge in [-0.3, -0.25) is 0 Å². The lowest BCUT2D eigenvalue weighted by molar-refractivity contribution is 0.0981. The Kier molecular flexibility index (Phi) is 6.20. The number of carbonyl (C=O) groups is 1. The highest BCUT2D eigenvalue weighted by Crippen LogP contribution is 2.39. The van der Waals surface area contributed by atoms with Gasteiger partial charge in [0.25, 0.3) is 0 Å². The molecule has 0 spiro atoms. The zero-order chi connectivity index (χ0) is 24.0. The first-order valence-electron chi connectivity index (χ1n) is 11.6. The van der Waals surface area contributed by atoms with E-state index in [1.165, 1.54) is 0 Å². The fraction of sp³-hybridized carbons (Fsp3) is 0.583. The predicted molar refractivity (Wildman–Crippen MR) is 128 cm³/mol. The number of sulfone groups is 1. The van der Waals surface area contributed by atoms with Gasteiger partial charge >= 0.3 is 6.09 Å². The summed E-state index contributed by atoms with van der Waals surface area (Å²) in [6.45, 7) is 10.1. The van der Waals surface area contributed by atoms with E-state index in [-0.39, 0.29) is 35.4 Å². The molecule has 0 saturated heterocycles. The number of carbonyl (C=O) groups excluding carboxylic acids is 1. The average Bonchev–Trinajstić information content (AvgIpc) is 3.39. The second-order valence-corrected chi connectivity index (χ2v) is 12.4. The van der Waals surface area contributed by atoms with E-state index in [1.807, 2.05) is 24.6 Å². The van der Waals surface area contributed by atoms with Crippen molar-refractivity contribution in [3.05, 3.63) is 35.5 Å². The topological polar surface area (TPSA) is 102 Å². The number of benzene rings is 1. The molecule has 4 rings (SSSR count). The number of hydrogen-bond acceptors (Lipinski definition) is 6. The summed E-state index contributed by atoms with van der Waals surface area (Å²) in [7, 11) is -3.20. The second kappa shape index (κ2) is 8.66. The van der Waals surface area contributed by atoms with Crippen LogP contribution >= 0.6 is 0 Å². The molecule has 1 aromatic heterocycles. The van der Waals surface area contributed by atoms with Gasteiger partial charge < -0.3 is 15.4 Å². The summed E-state index contributed by atoms with van der Waals surface area (Å²) in [5.74, 6) is 1.18. The van der Waals surface area contributed by atoms with Gasteiger partial charge in [-0.05, 0) is 78.0 Å². The average molecular weight is 475 g/mol. The van der Waals surface area contributed by atoms with Crippen molar-refractivity contribution in [1.82, 2.24) is 15.1 Å². The van der Waals surface area contributed by atoms with Crippen molar-refractivity contribution in [2.45, 2.75) is 88.8 Å². The molecule has 0 radical (unpaired) electrons. The highest BCUT2D eigenvalue weighted by atomic mass is 32.2. The maximum atomic E-state index is 12.3. The van der Waals surface area contributed by atoms with Crippen molar-refractivity contribution in [2.75, 3.05) is 11.1 Å². The minimum atomic E-state index is -3.20. The van der Waals surface area contributed by atoms with E-state index in [9.17, 15) is 13.2 Å². The van der Waals surface area contributed by atoms with Gasteiger partial charge in [0.05, 0.1) is 21.9 Å². The first-order chi connectivity index (χ1) is 15.4. The van der Waals surface area contributed by atoms with E-state index in [4.69, 9.17) is 9.84 Å². The molecule has 9 heteroatoms.